The lowest BCUT2D eigenvalue weighted by molar-refractivity contribution is -0.123. The molecule has 0 heterocycles. The van der Waals surface area contributed by atoms with Crippen LogP contribution in [0.1, 0.15) is 240 Å². The lowest BCUT2D eigenvalue weighted by Crippen LogP contribution is -2.44. The van der Waals surface area contributed by atoms with Gasteiger partial charge in [0.15, 0.2) is 0 Å². The minimum atomic E-state index is -0.318. The molecule has 0 saturated carbocycles. The van der Waals surface area contributed by atoms with E-state index >= 15 is 0 Å². The van der Waals surface area contributed by atoms with E-state index in [2.05, 4.69) is 42.8 Å². The van der Waals surface area contributed by atoms with Crippen molar-refractivity contribution in [2.24, 2.45) is 11.8 Å². The van der Waals surface area contributed by atoms with Crippen LogP contribution in [0, 0.1) is 11.8 Å². The molecule has 354 valence electrons. The van der Waals surface area contributed by atoms with Gasteiger partial charge in [-0.2, -0.15) is 0 Å². The zero-order valence-electron chi connectivity index (χ0n) is 40.4. The van der Waals surface area contributed by atoms with Gasteiger partial charge in [0.1, 0.15) is 11.4 Å². The molecule has 1 atom stereocenters. The third-order valence-corrected chi connectivity index (χ3v) is 12.2. The van der Waals surface area contributed by atoms with Crippen LogP contribution >= 0.6 is 0 Å². The summed E-state index contributed by atoms with van der Waals surface area (Å²) >= 11 is 0. The van der Waals surface area contributed by atoms with E-state index in [9.17, 15) is 9.59 Å². The first kappa shape index (κ1) is 59.7. The van der Waals surface area contributed by atoms with Gasteiger partial charge in [0.25, 0.3) is 23.8 Å². The van der Waals surface area contributed by atoms with Gasteiger partial charge in [0, 0.05) is 26.2 Å². The first-order chi connectivity index (χ1) is 29.2. The van der Waals surface area contributed by atoms with Gasteiger partial charge in [-0.15, -0.1) is 0 Å². The van der Waals surface area contributed by atoms with Crippen LogP contribution in [0.3, 0.4) is 0 Å². The Hall–Kier alpha value is -2.42. The van der Waals surface area contributed by atoms with Crippen LogP contribution in [0.15, 0.2) is 9.59 Å². The second kappa shape index (κ2) is 46.1. The summed E-state index contributed by atoms with van der Waals surface area (Å²) in [6.45, 7) is 12.1. The first-order valence-corrected chi connectivity index (χ1v) is 25.3. The van der Waals surface area contributed by atoms with Crippen LogP contribution < -0.4 is 21.1 Å². The summed E-state index contributed by atoms with van der Waals surface area (Å²) in [7, 11) is 4.08. The van der Waals surface area contributed by atoms with Crippen LogP contribution in [-0.2, 0) is 9.59 Å². The third kappa shape index (κ3) is 35.2. The number of hydrogen-bond acceptors (Lipinski definition) is 7. The van der Waals surface area contributed by atoms with Crippen molar-refractivity contribution in [3.05, 3.63) is 20.4 Å². The second-order valence-electron chi connectivity index (χ2n) is 17.9. The summed E-state index contributed by atoms with van der Waals surface area (Å²) < 4.78 is 0. The third-order valence-electron chi connectivity index (χ3n) is 12.2. The molecular weight excluding hydrogens is 751 g/mol. The number of nitrogens with one attached hydrogen (secondary N) is 1. The molecule has 60 heavy (non-hydrogen) atoms. The Bertz CT molecular complexity index is 1100. The predicted molar refractivity (Wildman–Crippen MR) is 260 cm³/mol. The fourth-order valence-corrected chi connectivity index (χ4v) is 8.68. The average Bonchev–Trinajstić information content (AvgIpc) is 3.23. The normalized spacial score (nSPS) is 11.6. The molecule has 9 heteroatoms. The lowest BCUT2D eigenvalue weighted by atomic mass is 9.89. The molecule has 0 aliphatic heterocycles. The number of unbranched alkanes of at least 4 members (excludes halogenated alkanes) is 21. The quantitative estimate of drug-likeness (QED) is 0.0335. The largest absolute Gasteiger partial charge is 0.483 e. The number of nitrogens with zero attached hydrogens (tertiary/aromatic N) is 2. The van der Waals surface area contributed by atoms with Gasteiger partial charge >= 0.3 is 0 Å². The minimum absolute atomic E-state index is 0.250. The second-order valence-corrected chi connectivity index (χ2v) is 17.9. The molecule has 0 aliphatic carbocycles. The summed E-state index contributed by atoms with van der Waals surface area (Å²) in [4.78, 5) is 46.7. The first-order valence-electron chi connectivity index (χ1n) is 25.3. The van der Waals surface area contributed by atoms with Crippen molar-refractivity contribution in [1.82, 2.24) is 4.90 Å². The summed E-state index contributed by atoms with van der Waals surface area (Å²) in [5, 5.41) is 17.1. The number of carbonyl (C=O) groups is 2. The highest BCUT2D eigenvalue weighted by Crippen LogP contribution is 2.27. The number of hydrogen-bond donors (Lipinski definition) is 3. The standard InChI is InChI=1S/C49H95N3O2.2CH2O2/c1-7-11-14-17-21-29-37-45(38-30-22-18-15-12-8-2)39-31-24-20-26-33-42-52(47-46(48(53)49(47)54)50-40-43-51(5)6)41-32-25-19-23-28-36-44(34-10-4)35-27-16-13-9-3;2*2-1-3/h44-45,50H,7-43H2,1-6H3;2*1H,(H,2,3). The number of rotatable bonds is 42. The van der Waals surface area contributed by atoms with Crippen LogP contribution in [0.4, 0.5) is 11.4 Å². The van der Waals surface area contributed by atoms with Gasteiger partial charge < -0.3 is 25.3 Å². The van der Waals surface area contributed by atoms with Gasteiger partial charge in [0.05, 0.1) is 0 Å². The molecule has 0 spiro atoms. The Kier molecular flexibility index (Phi) is 45.8. The molecule has 1 aromatic rings. The van der Waals surface area contributed by atoms with Gasteiger partial charge in [-0.3, -0.25) is 19.2 Å². The minimum Gasteiger partial charge on any atom is -0.483 e. The highest BCUT2D eigenvalue weighted by atomic mass is 16.3. The summed E-state index contributed by atoms with van der Waals surface area (Å²) in [6, 6.07) is 0. The van der Waals surface area contributed by atoms with Gasteiger partial charge in [-0.1, -0.05) is 227 Å². The Morgan fingerprint density at radius 3 is 1.12 bits per heavy atom. The van der Waals surface area contributed by atoms with Crippen LogP contribution in [0.5, 0.6) is 0 Å². The zero-order chi connectivity index (χ0) is 44.9. The molecular formula is C51H99N3O6. The smallest absolute Gasteiger partial charge is 0.290 e. The fourth-order valence-electron chi connectivity index (χ4n) is 8.68. The van der Waals surface area contributed by atoms with Crippen molar-refractivity contribution in [2.75, 3.05) is 50.5 Å². The Labute approximate surface area is 370 Å². The predicted octanol–water partition coefficient (Wildman–Crippen LogP) is 13.6. The van der Waals surface area contributed by atoms with Crippen molar-refractivity contribution in [1.29, 1.82) is 0 Å². The number of anilines is 2. The van der Waals surface area contributed by atoms with Crippen LogP contribution in [-0.4, -0.2) is 68.3 Å². The lowest BCUT2D eigenvalue weighted by Gasteiger charge is -2.28. The Balaban J connectivity index is 0. The van der Waals surface area contributed by atoms with Crippen molar-refractivity contribution < 1.29 is 19.8 Å². The van der Waals surface area contributed by atoms with Gasteiger partial charge in [-0.05, 0) is 38.8 Å². The van der Waals surface area contributed by atoms with E-state index in [0.29, 0.717) is 17.9 Å². The van der Waals surface area contributed by atoms with E-state index in [1.54, 1.807) is 0 Å². The Morgan fingerprint density at radius 2 is 0.767 bits per heavy atom. The zero-order valence-corrected chi connectivity index (χ0v) is 40.4. The molecule has 0 fully saturated rings. The maximum absolute atomic E-state index is 12.9. The molecule has 0 aromatic heterocycles. The van der Waals surface area contributed by atoms with E-state index in [1.807, 2.05) is 14.1 Å². The van der Waals surface area contributed by atoms with Crippen molar-refractivity contribution in [3.8, 4) is 0 Å². The van der Waals surface area contributed by atoms with Crippen molar-refractivity contribution in [2.45, 2.75) is 240 Å². The molecule has 1 rings (SSSR count). The van der Waals surface area contributed by atoms with E-state index < -0.39 is 0 Å². The molecule has 3 N–H and O–H groups in total. The van der Waals surface area contributed by atoms with Crippen molar-refractivity contribution >= 4 is 24.3 Å². The van der Waals surface area contributed by atoms with Gasteiger partial charge in [0.2, 0.25) is 0 Å². The average molecular weight is 850 g/mol. The summed E-state index contributed by atoms with van der Waals surface area (Å²) in [5.41, 5.74) is 0.660. The maximum Gasteiger partial charge on any atom is 0.290 e. The summed E-state index contributed by atoms with van der Waals surface area (Å²) in [6.07, 6.45) is 44.9. The van der Waals surface area contributed by atoms with E-state index in [4.69, 9.17) is 19.8 Å². The molecule has 0 amide bonds. The number of likely N-dealkylation sites (N-methyl/N-ethyl adjacent to an activating group) is 1. The molecule has 0 aliphatic rings. The fraction of sp³-hybridized carbons (Fsp3) is 0.882. The van der Waals surface area contributed by atoms with Crippen molar-refractivity contribution in [3.63, 3.8) is 0 Å². The topological polar surface area (TPSA) is 127 Å². The van der Waals surface area contributed by atoms with Crippen LogP contribution in [0.25, 0.3) is 0 Å². The molecule has 0 radical (unpaired) electrons. The van der Waals surface area contributed by atoms with Gasteiger partial charge in [-0.25, -0.2) is 0 Å². The molecule has 1 unspecified atom stereocenters. The Morgan fingerprint density at radius 1 is 0.450 bits per heavy atom. The summed E-state index contributed by atoms with van der Waals surface area (Å²) in [5.74, 6) is 1.85. The number of carboxylic acid groups (broad SMARTS) is 2. The SMILES string of the molecule is CCCCCCCCC(CCCCCCCC)CCCCCCCN(CCCCCCCC(CCC)CCCCCC)c1c(NCCN(C)C)c(=O)c1=O.O=CO.O=CO. The highest BCUT2D eigenvalue weighted by Gasteiger charge is 2.25. The maximum atomic E-state index is 12.9. The van der Waals surface area contributed by atoms with E-state index in [0.717, 1.165) is 44.3 Å². The molecule has 0 saturated heterocycles. The van der Waals surface area contributed by atoms with E-state index in [1.165, 1.54) is 199 Å². The highest BCUT2D eigenvalue weighted by molar-refractivity contribution is 5.75. The van der Waals surface area contributed by atoms with Crippen LogP contribution in [0.2, 0.25) is 0 Å². The molecule has 0 bridgehead atoms. The van der Waals surface area contributed by atoms with E-state index in [-0.39, 0.29) is 23.8 Å². The molecule has 1 aromatic carbocycles. The molecule has 9 nitrogen and oxygen atoms in total. The monoisotopic (exact) mass is 850 g/mol.